The first-order chi connectivity index (χ1) is 15.5. The van der Waals surface area contributed by atoms with Crippen LogP contribution in [0.15, 0.2) is 18.2 Å². The van der Waals surface area contributed by atoms with Crippen LogP contribution in [0, 0.1) is 0 Å². The first-order valence-corrected chi connectivity index (χ1v) is 12.1. The topological polar surface area (TPSA) is 90.9 Å². The number of nitrogens with one attached hydrogen (secondary N) is 2. The second-order valence-corrected chi connectivity index (χ2v) is 8.83. The Morgan fingerprint density at radius 3 is 2.81 bits per heavy atom. The lowest BCUT2D eigenvalue weighted by molar-refractivity contribution is -0.123. The van der Waals surface area contributed by atoms with Gasteiger partial charge in [-0.1, -0.05) is 12.1 Å². The molecule has 0 atom stereocenters. The van der Waals surface area contributed by atoms with Gasteiger partial charge in [-0.05, 0) is 70.4 Å². The number of aryl methyl sites for hydroxylation is 1. The highest BCUT2D eigenvalue weighted by Gasteiger charge is 2.18. The average Bonchev–Trinajstić information content (AvgIpc) is 2.78. The lowest BCUT2D eigenvalue weighted by atomic mass is 10.0. The van der Waals surface area contributed by atoms with Crippen LogP contribution in [0.2, 0.25) is 0 Å². The summed E-state index contributed by atoms with van der Waals surface area (Å²) in [5.74, 6) is 0.981. The predicted octanol–water partition coefficient (Wildman–Crippen LogP) is 2.79. The van der Waals surface area contributed by atoms with Gasteiger partial charge >= 0.3 is 0 Å². The molecule has 0 saturated carbocycles. The van der Waals surface area contributed by atoms with Gasteiger partial charge in [-0.25, -0.2) is 0 Å². The molecule has 1 aliphatic heterocycles. The van der Waals surface area contributed by atoms with Crippen molar-refractivity contribution in [3.63, 3.8) is 0 Å². The van der Waals surface area contributed by atoms with Gasteiger partial charge in [0.2, 0.25) is 11.8 Å². The minimum absolute atomic E-state index is 0.0507. The van der Waals surface area contributed by atoms with E-state index in [2.05, 4.69) is 35.4 Å². The van der Waals surface area contributed by atoms with Gasteiger partial charge in [0, 0.05) is 44.3 Å². The fraction of sp³-hybridized carbons (Fsp3) is 0.680. The molecule has 0 spiro atoms. The minimum atomic E-state index is 0.0507. The normalized spacial score (nSPS) is 16.2. The summed E-state index contributed by atoms with van der Waals surface area (Å²) in [5.41, 5.74) is 2.16. The molecule has 7 heteroatoms. The number of hydrogen-bond donors (Lipinski definition) is 3. The SMILES string of the molecule is CC(C)N1CC(=O)NCCCCCOc2ccc(CCC(=O)NCCCCCO)cc2C1. The molecular weight excluding hydrogens is 406 g/mol. The minimum Gasteiger partial charge on any atom is -0.493 e. The van der Waals surface area contributed by atoms with Crippen molar-refractivity contribution in [1.29, 1.82) is 0 Å². The van der Waals surface area contributed by atoms with Gasteiger partial charge in [-0.3, -0.25) is 14.5 Å². The van der Waals surface area contributed by atoms with E-state index in [1.165, 1.54) is 0 Å². The van der Waals surface area contributed by atoms with Gasteiger partial charge in [-0.2, -0.15) is 0 Å². The third kappa shape index (κ3) is 10.0. The van der Waals surface area contributed by atoms with E-state index in [4.69, 9.17) is 9.84 Å². The number of amides is 2. The standard InChI is InChI=1S/C25H41N3O4/c1-20(2)28-18-22-17-21(10-12-24(30)26-13-5-3-7-15-29)9-11-23(22)32-16-8-4-6-14-27-25(31)19-28/h9,11,17,20,29H,3-8,10,12-16,18-19H2,1-2H3,(H,26,30)(H,27,31). The number of benzene rings is 1. The van der Waals surface area contributed by atoms with Crippen molar-refractivity contribution >= 4 is 11.8 Å². The molecule has 1 heterocycles. The Morgan fingerprint density at radius 1 is 1.19 bits per heavy atom. The summed E-state index contributed by atoms with van der Waals surface area (Å²) in [6.07, 6.45) is 6.65. The van der Waals surface area contributed by atoms with Gasteiger partial charge in [0.15, 0.2) is 0 Å². The van der Waals surface area contributed by atoms with Crippen LogP contribution in [0.4, 0.5) is 0 Å². The number of nitrogens with zero attached hydrogens (tertiary/aromatic N) is 1. The van der Waals surface area contributed by atoms with Crippen molar-refractivity contribution in [3.8, 4) is 5.75 Å². The van der Waals surface area contributed by atoms with E-state index in [1.54, 1.807) is 0 Å². The summed E-state index contributed by atoms with van der Waals surface area (Å²) in [5, 5.41) is 14.8. The molecule has 2 amide bonds. The van der Waals surface area contributed by atoms with Crippen molar-refractivity contribution in [2.24, 2.45) is 0 Å². The van der Waals surface area contributed by atoms with Crippen molar-refractivity contribution in [1.82, 2.24) is 15.5 Å². The number of carbonyl (C=O) groups is 2. The number of carbonyl (C=O) groups excluding carboxylic acids is 2. The molecule has 0 radical (unpaired) electrons. The maximum Gasteiger partial charge on any atom is 0.234 e. The van der Waals surface area contributed by atoms with Crippen LogP contribution < -0.4 is 15.4 Å². The quantitative estimate of drug-likeness (QED) is 0.507. The number of aliphatic hydroxyl groups excluding tert-OH is 1. The van der Waals surface area contributed by atoms with E-state index in [-0.39, 0.29) is 24.5 Å². The number of rotatable bonds is 9. The Labute approximate surface area is 192 Å². The average molecular weight is 448 g/mol. The number of ether oxygens (including phenoxy) is 1. The lowest BCUT2D eigenvalue weighted by Crippen LogP contribution is -2.40. The Balaban J connectivity index is 2.02. The highest BCUT2D eigenvalue weighted by Crippen LogP contribution is 2.24. The summed E-state index contributed by atoms with van der Waals surface area (Å²) in [6, 6.07) is 6.39. The van der Waals surface area contributed by atoms with E-state index in [0.29, 0.717) is 45.6 Å². The number of aliphatic hydroxyl groups is 1. The number of hydrogen-bond acceptors (Lipinski definition) is 5. The zero-order valence-electron chi connectivity index (χ0n) is 19.8. The van der Waals surface area contributed by atoms with Crippen molar-refractivity contribution < 1.29 is 19.4 Å². The molecule has 0 aromatic heterocycles. The fourth-order valence-corrected chi connectivity index (χ4v) is 3.73. The monoisotopic (exact) mass is 447 g/mol. The van der Waals surface area contributed by atoms with Gasteiger partial charge in [0.05, 0.1) is 13.2 Å². The van der Waals surface area contributed by atoms with Crippen LogP contribution in [-0.4, -0.2) is 60.7 Å². The zero-order chi connectivity index (χ0) is 23.2. The molecule has 0 unspecified atom stereocenters. The Hall–Kier alpha value is -2.12. The van der Waals surface area contributed by atoms with Crippen LogP contribution in [0.3, 0.4) is 0 Å². The second-order valence-electron chi connectivity index (χ2n) is 8.83. The van der Waals surface area contributed by atoms with Crippen LogP contribution in [-0.2, 0) is 22.6 Å². The molecule has 0 aliphatic carbocycles. The van der Waals surface area contributed by atoms with E-state index in [1.807, 2.05) is 12.1 Å². The number of unbranched alkanes of at least 4 members (excludes halogenated alkanes) is 2. The van der Waals surface area contributed by atoms with E-state index < -0.39 is 0 Å². The van der Waals surface area contributed by atoms with Crippen LogP contribution in [0.1, 0.15) is 69.9 Å². The summed E-state index contributed by atoms with van der Waals surface area (Å²) in [6.45, 7) is 7.43. The van der Waals surface area contributed by atoms with Gasteiger partial charge in [-0.15, -0.1) is 0 Å². The van der Waals surface area contributed by atoms with Crippen LogP contribution in [0.5, 0.6) is 5.75 Å². The van der Waals surface area contributed by atoms with E-state index in [0.717, 1.165) is 55.4 Å². The molecule has 1 aromatic rings. The maximum absolute atomic E-state index is 12.4. The summed E-state index contributed by atoms with van der Waals surface area (Å²) in [7, 11) is 0. The van der Waals surface area contributed by atoms with Crippen molar-refractivity contribution in [2.75, 3.05) is 32.8 Å². The molecule has 7 nitrogen and oxygen atoms in total. The summed E-state index contributed by atoms with van der Waals surface area (Å²) < 4.78 is 6.09. The zero-order valence-corrected chi connectivity index (χ0v) is 19.8. The fourth-order valence-electron chi connectivity index (χ4n) is 3.73. The third-order valence-electron chi connectivity index (χ3n) is 5.77. The molecule has 1 aliphatic rings. The van der Waals surface area contributed by atoms with Gasteiger partial charge in [0.25, 0.3) is 0 Å². The van der Waals surface area contributed by atoms with Crippen molar-refractivity contribution in [2.45, 2.75) is 77.8 Å². The summed E-state index contributed by atoms with van der Waals surface area (Å²) >= 11 is 0. The maximum atomic E-state index is 12.4. The molecule has 0 fully saturated rings. The lowest BCUT2D eigenvalue weighted by Gasteiger charge is -2.27. The van der Waals surface area contributed by atoms with Gasteiger partial charge in [0.1, 0.15) is 5.75 Å². The highest BCUT2D eigenvalue weighted by molar-refractivity contribution is 5.78. The molecule has 2 rings (SSSR count). The Kier molecular flexibility index (Phi) is 12.1. The second kappa shape index (κ2) is 14.9. The first kappa shape index (κ1) is 26.1. The predicted molar refractivity (Wildman–Crippen MR) is 127 cm³/mol. The van der Waals surface area contributed by atoms with Crippen LogP contribution in [0.25, 0.3) is 0 Å². The largest absolute Gasteiger partial charge is 0.493 e. The molecule has 180 valence electrons. The molecule has 3 N–H and O–H groups in total. The smallest absolute Gasteiger partial charge is 0.234 e. The molecule has 0 saturated heterocycles. The van der Waals surface area contributed by atoms with E-state index in [9.17, 15) is 9.59 Å². The summed E-state index contributed by atoms with van der Waals surface area (Å²) in [4.78, 5) is 26.7. The van der Waals surface area contributed by atoms with Gasteiger partial charge < -0.3 is 20.5 Å². The Morgan fingerprint density at radius 2 is 2.03 bits per heavy atom. The van der Waals surface area contributed by atoms with E-state index >= 15 is 0 Å². The van der Waals surface area contributed by atoms with Crippen molar-refractivity contribution in [3.05, 3.63) is 29.3 Å². The Bertz CT molecular complexity index is 708. The first-order valence-electron chi connectivity index (χ1n) is 12.1. The molecule has 0 bridgehead atoms. The number of fused-ring (bicyclic) bond motifs is 1. The third-order valence-corrected chi connectivity index (χ3v) is 5.77. The molecular formula is C25H41N3O4. The molecule has 1 aromatic carbocycles. The van der Waals surface area contributed by atoms with Crippen LogP contribution >= 0.6 is 0 Å². The highest BCUT2D eigenvalue weighted by atomic mass is 16.5. The molecule has 32 heavy (non-hydrogen) atoms.